The maximum Gasteiger partial charge on any atom is 0.123 e. The Morgan fingerprint density at radius 2 is 1.90 bits per heavy atom. The molecule has 1 aromatic carbocycles. The second-order valence-corrected chi connectivity index (χ2v) is 5.60. The van der Waals surface area contributed by atoms with Gasteiger partial charge in [0.05, 0.1) is 11.7 Å². The van der Waals surface area contributed by atoms with Crippen LogP contribution in [0.4, 0.5) is 4.39 Å². The molecule has 21 heavy (non-hydrogen) atoms. The molecular weight excluding hydrogens is 263 g/mol. The van der Waals surface area contributed by atoms with Crippen LogP contribution in [0.15, 0.2) is 30.5 Å². The Kier molecular flexibility index (Phi) is 5.07. The monoisotopic (exact) mass is 286 g/mol. The van der Waals surface area contributed by atoms with Crippen molar-refractivity contribution in [3.63, 3.8) is 0 Å². The molecule has 1 aromatic heterocycles. The molecule has 0 spiro atoms. The van der Waals surface area contributed by atoms with E-state index < -0.39 is 0 Å². The van der Waals surface area contributed by atoms with Crippen molar-refractivity contribution in [1.29, 1.82) is 0 Å². The van der Waals surface area contributed by atoms with Crippen LogP contribution in [0.2, 0.25) is 0 Å². The number of nitrogens with one attached hydrogen (secondary N) is 1. The summed E-state index contributed by atoms with van der Waals surface area (Å²) >= 11 is 0. The molecular formula is C18H23FN2. The van der Waals surface area contributed by atoms with Gasteiger partial charge < -0.3 is 5.32 Å². The van der Waals surface area contributed by atoms with Gasteiger partial charge in [0.1, 0.15) is 5.82 Å². The highest BCUT2D eigenvalue weighted by Crippen LogP contribution is 2.27. The van der Waals surface area contributed by atoms with Gasteiger partial charge in [0.2, 0.25) is 0 Å². The molecule has 0 aliphatic heterocycles. The number of pyridine rings is 1. The third-order valence-corrected chi connectivity index (χ3v) is 3.68. The summed E-state index contributed by atoms with van der Waals surface area (Å²) in [6.07, 6.45) is 2.90. The van der Waals surface area contributed by atoms with E-state index in [2.05, 4.69) is 30.2 Å². The minimum absolute atomic E-state index is 0.0683. The molecule has 1 heterocycles. The van der Waals surface area contributed by atoms with E-state index in [9.17, 15) is 4.39 Å². The van der Waals surface area contributed by atoms with Crippen LogP contribution in [0, 0.1) is 26.6 Å². The number of benzene rings is 1. The fraction of sp³-hybridized carbons (Fsp3) is 0.389. The third-order valence-electron chi connectivity index (χ3n) is 3.68. The van der Waals surface area contributed by atoms with Crippen LogP contribution in [-0.2, 0) is 0 Å². The predicted octanol–water partition coefficient (Wildman–Crippen LogP) is 4.23. The molecule has 0 aliphatic carbocycles. The van der Waals surface area contributed by atoms with Crippen molar-refractivity contribution in [3.05, 3.63) is 64.2 Å². The van der Waals surface area contributed by atoms with E-state index in [4.69, 9.17) is 0 Å². The first-order chi connectivity index (χ1) is 10.0. The summed E-state index contributed by atoms with van der Waals surface area (Å²) in [6.45, 7) is 9.10. The average Bonchev–Trinajstić information content (AvgIpc) is 2.44. The minimum Gasteiger partial charge on any atom is -0.305 e. The average molecular weight is 286 g/mol. The molecule has 1 unspecified atom stereocenters. The minimum atomic E-state index is -0.205. The summed E-state index contributed by atoms with van der Waals surface area (Å²) in [6, 6.07) is 7.00. The molecule has 0 aliphatic rings. The van der Waals surface area contributed by atoms with Crippen molar-refractivity contribution in [3.8, 4) is 0 Å². The molecule has 112 valence electrons. The van der Waals surface area contributed by atoms with Gasteiger partial charge in [-0.25, -0.2) is 4.39 Å². The molecule has 1 atom stereocenters. The third kappa shape index (κ3) is 3.67. The van der Waals surface area contributed by atoms with Gasteiger partial charge in [0, 0.05) is 6.20 Å². The highest BCUT2D eigenvalue weighted by molar-refractivity contribution is 5.38. The Hall–Kier alpha value is -1.74. The summed E-state index contributed by atoms with van der Waals surface area (Å²) < 4.78 is 13.7. The van der Waals surface area contributed by atoms with E-state index in [0.717, 1.165) is 40.9 Å². The smallest absolute Gasteiger partial charge is 0.123 e. The highest BCUT2D eigenvalue weighted by atomic mass is 19.1. The van der Waals surface area contributed by atoms with Crippen molar-refractivity contribution in [2.75, 3.05) is 6.54 Å². The molecule has 3 heteroatoms. The second-order valence-electron chi connectivity index (χ2n) is 5.60. The summed E-state index contributed by atoms with van der Waals surface area (Å²) in [5.74, 6) is -0.205. The van der Waals surface area contributed by atoms with Gasteiger partial charge in [0.15, 0.2) is 0 Å². The van der Waals surface area contributed by atoms with Crippen molar-refractivity contribution in [1.82, 2.24) is 10.3 Å². The van der Waals surface area contributed by atoms with Gasteiger partial charge in [-0.2, -0.15) is 0 Å². The number of rotatable bonds is 5. The number of nitrogens with zero attached hydrogens (tertiary/aromatic N) is 1. The van der Waals surface area contributed by atoms with Crippen LogP contribution < -0.4 is 5.32 Å². The summed E-state index contributed by atoms with van der Waals surface area (Å²) in [5.41, 5.74) is 5.28. The van der Waals surface area contributed by atoms with Crippen LogP contribution in [-0.4, -0.2) is 11.5 Å². The first-order valence-electron chi connectivity index (χ1n) is 7.45. The fourth-order valence-electron chi connectivity index (χ4n) is 2.59. The Balaban J connectivity index is 2.49. The van der Waals surface area contributed by atoms with Crippen LogP contribution in [0.25, 0.3) is 0 Å². The maximum atomic E-state index is 13.7. The van der Waals surface area contributed by atoms with Gasteiger partial charge in [-0.3, -0.25) is 4.98 Å². The molecule has 0 fully saturated rings. The molecule has 1 N–H and O–H groups in total. The molecule has 0 amide bonds. The quantitative estimate of drug-likeness (QED) is 0.889. The van der Waals surface area contributed by atoms with Crippen molar-refractivity contribution < 1.29 is 4.39 Å². The Morgan fingerprint density at radius 3 is 2.57 bits per heavy atom. The second kappa shape index (κ2) is 6.81. The van der Waals surface area contributed by atoms with E-state index in [1.807, 2.05) is 26.1 Å². The molecule has 0 bridgehead atoms. The molecule has 2 rings (SSSR count). The maximum absolute atomic E-state index is 13.7. The molecule has 2 nitrogen and oxygen atoms in total. The number of hydrogen-bond acceptors (Lipinski definition) is 2. The lowest BCUT2D eigenvalue weighted by Crippen LogP contribution is -2.25. The molecule has 0 radical (unpaired) electrons. The zero-order chi connectivity index (χ0) is 15.4. The van der Waals surface area contributed by atoms with Crippen LogP contribution in [0.5, 0.6) is 0 Å². The molecule has 2 aromatic rings. The summed E-state index contributed by atoms with van der Waals surface area (Å²) in [7, 11) is 0. The molecule has 0 saturated heterocycles. The Bertz CT molecular complexity index is 623. The normalized spacial score (nSPS) is 12.4. The Morgan fingerprint density at radius 1 is 1.14 bits per heavy atom. The van der Waals surface area contributed by atoms with Gasteiger partial charge in [-0.1, -0.05) is 19.1 Å². The van der Waals surface area contributed by atoms with E-state index in [1.54, 1.807) is 6.07 Å². The van der Waals surface area contributed by atoms with Crippen LogP contribution in [0.3, 0.4) is 0 Å². The largest absolute Gasteiger partial charge is 0.305 e. The molecule has 0 saturated carbocycles. The zero-order valence-corrected chi connectivity index (χ0v) is 13.2. The van der Waals surface area contributed by atoms with Crippen molar-refractivity contribution >= 4 is 0 Å². The van der Waals surface area contributed by atoms with Gasteiger partial charge >= 0.3 is 0 Å². The van der Waals surface area contributed by atoms with E-state index >= 15 is 0 Å². The number of hydrogen-bond donors (Lipinski definition) is 1. The van der Waals surface area contributed by atoms with Gasteiger partial charge in [0.25, 0.3) is 0 Å². The summed E-state index contributed by atoms with van der Waals surface area (Å²) in [5, 5.41) is 3.50. The first-order valence-corrected chi connectivity index (χ1v) is 7.45. The Labute approximate surface area is 126 Å². The number of aromatic nitrogens is 1. The summed E-state index contributed by atoms with van der Waals surface area (Å²) in [4.78, 5) is 4.59. The number of halogens is 1. The van der Waals surface area contributed by atoms with Crippen LogP contribution >= 0.6 is 0 Å². The predicted molar refractivity (Wildman–Crippen MR) is 85.0 cm³/mol. The fourth-order valence-corrected chi connectivity index (χ4v) is 2.59. The lowest BCUT2D eigenvalue weighted by Gasteiger charge is -2.22. The number of aryl methyl sites for hydroxylation is 3. The standard InChI is InChI=1S/C18H23FN2/c1-5-8-20-18(16-10-15(19)7-6-13(16)3)17-14(4)9-12(2)11-21-17/h6-7,9-11,18,20H,5,8H2,1-4H3. The zero-order valence-electron chi connectivity index (χ0n) is 13.2. The van der Waals surface area contributed by atoms with Gasteiger partial charge in [-0.05, 0) is 68.1 Å². The SMILES string of the molecule is CCCNC(c1cc(F)ccc1C)c1ncc(C)cc1C. The highest BCUT2D eigenvalue weighted by Gasteiger charge is 2.19. The lowest BCUT2D eigenvalue weighted by atomic mass is 9.95. The topological polar surface area (TPSA) is 24.9 Å². The van der Waals surface area contributed by atoms with E-state index in [-0.39, 0.29) is 11.9 Å². The van der Waals surface area contributed by atoms with Crippen molar-refractivity contribution in [2.45, 2.75) is 40.2 Å². The van der Waals surface area contributed by atoms with Gasteiger partial charge in [-0.15, -0.1) is 0 Å². The van der Waals surface area contributed by atoms with E-state index in [1.165, 1.54) is 6.07 Å². The lowest BCUT2D eigenvalue weighted by molar-refractivity contribution is 0.571. The van der Waals surface area contributed by atoms with Crippen LogP contribution in [0.1, 0.15) is 47.3 Å². The van der Waals surface area contributed by atoms with Crippen molar-refractivity contribution in [2.24, 2.45) is 0 Å². The van der Waals surface area contributed by atoms with E-state index in [0.29, 0.717) is 0 Å². The first kappa shape index (κ1) is 15.6.